The fraction of sp³-hybridized carbons (Fsp3) is 0.304. The van der Waals surface area contributed by atoms with Crippen LogP contribution in [0.1, 0.15) is 34.6 Å². The molecule has 1 aliphatic rings. The van der Waals surface area contributed by atoms with E-state index in [0.717, 1.165) is 7.11 Å². The minimum atomic E-state index is -0.778. The van der Waals surface area contributed by atoms with E-state index in [0.29, 0.717) is 0 Å². The second kappa shape index (κ2) is 10.1. The summed E-state index contributed by atoms with van der Waals surface area (Å²) in [6, 6.07) is 7.26. The van der Waals surface area contributed by atoms with E-state index < -0.39 is 24.2 Å². The highest BCUT2D eigenvalue weighted by Gasteiger charge is 2.32. The minimum Gasteiger partial charge on any atom is -0.507 e. The summed E-state index contributed by atoms with van der Waals surface area (Å²) in [6.07, 6.45) is -1.35. The number of aromatic hydroxyl groups is 2. The van der Waals surface area contributed by atoms with Gasteiger partial charge in [0.25, 0.3) is 0 Å². The SMILES string of the molecule is COC(=O)c1cc(OC(=O)N2CCN(C(=O)Oc3ccc(O)c(C(C)=O)c3)C(C)C2)ccc1O. The lowest BCUT2D eigenvalue weighted by Gasteiger charge is -2.38. The van der Waals surface area contributed by atoms with Gasteiger partial charge in [0, 0.05) is 19.6 Å². The zero-order chi connectivity index (χ0) is 25.0. The summed E-state index contributed by atoms with van der Waals surface area (Å²) in [5, 5.41) is 19.5. The van der Waals surface area contributed by atoms with E-state index in [-0.39, 0.29) is 59.5 Å². The molecule has 11 nitrogen and oxygen atoms in total. The van der Waals surface area contributed by atoms with Crippen molar-refractivity contribution in [1.82, 2.24) is 9.80 Å². The number of carbonyl (C=O) groups excluding carboxylic acids is 4. The number of nitrogens with zero attached hydrogens (tertiary/aromatic N) is 2. The first-order chi connectivity index (χ1) is 16.1. The van der Waals surface area contributed by atoms with Crippen LogP contribution in [0.3, 0.4) is 0 Å². The molecule has 0 spiro atoms. The molecule has 34 heavy (non-hydrogen) atoms. The Bertz CT molecular complexity index is 1130. The monoisotopic (exact) mass is 472 g/mol. The topological polar surface area (TPSA) is 143 Å². The number of methoxy groups -OCH3 is 1. The van der Waals surface area contributed by atoms with Gasteiger partial charge in [-0.3, -0.25) is 4.79 Å². The van der Waals surface area contributed by atoms with Gasteiger partial charge < -0.3 is 34.2 Å². The lowest BCUT2D eigenvalue weighted by atomic mass is 10.1. The third kappa shape index (κ3) is 5.37. The zero-order valence-corrected chi connectivity index (χ0v) is 18.8. The molecule has 3 rings (SSSR count). The second-order valence-electron chi connectivity index (χ2n) is 7.63. The van der Waals surface area contributed by atoms with E-state index in [4.69, 9.17) is 9.47 Å². The summed E-state index contributed by atoms with van der Waals surface area (Å²) in [7, 11) is 1.16. The number of phenolic OH excluding ortho intramolecular Hbond substituents is 2. The van der Waals surface area contributed by atoms with E-state index in [9.17, 15) is 29.4 Å². The molecule has 2 N–H and O–H groups in total. The van der Waals surface area contributed by atoms with Gasteiger partial charge in [0.05, 0.1) is 18.7 Å². The number of phenols is 2. The smallest absolute Gasteiger partial charge is 0.415 e. The summed E-state index contributed by atoms with van der Waals surface area (Å²) in [4.78, 5) is 51.3. The van der Waals surface area contributed by atoms with E-state index in [1.165, 1.54) is 53.1 Å². The lowest BCUT2D eigenvalue weighted by Crippen LogP contribution is -2.56. The molecule has 2 aromatic rings. The van der Waals surface area contributed by atoms with Crippen LogP contribution >= 0.6 is 0 Å². The molecule has 1 atom stereocenters. The first-order valence-corrected chi connectivity index (χ1v) is 10.3. The molecular weight excluding hydrogens is 448 g/mol. The van der Waals surface area contributed by atoms with Crippen molar-refractivity contribution < 1.29 is 43.6 Å². The van der Waals surface area contributed by atoms with Gasteiger partial charge in [-0.25, -0.2) is 14.4 Å². The number of rotatable bonds is 4. The Hall–Kier alpha value is -4.28. The van der Waals surface area contributed by atoms with E-state index in [2.05, 4.69) is 4.74 Å². The number of esters is 1. The van der Waals surface area contributed by atoms with Crippen LogP contribution in [0.4, 0.5) is 9.59 Å². The molecule has 0 bridgehead atoms. The summed E-state index contributed by atoms with van der Waals surface area (Å²) in [5.74, 6) is -1.51. The van der Waals surface area contributed by atoms with Crippen LogP contribution < -0.4 is 9.47 Å². The van der Waals surface area contributed by atoms with Crippen molar-refractivity contribution in [3.8, 4) is 23.0 Å². The number of ketones is 1. The maximum absolute atomic E-state index is 12.6. The Balaban J connectivity index is 1.61. The zero-order valence-electron chi connectivity index (χ0n) is 18.8. The van der Waals surface area contributed by atoms with E-state index in [1.54, 1.807) is 6.92 Å². The third-order valence-corrected chi connectivity index (χ3v) is 5.25. The third-order valence-electron chi connectivity index (χ3n) is 5.25. The van der Waals surface area contributed by atoms with Crippen LogP contribution in [0.15, 0.2) is 36.4 Å². The molecule has 0 saturated carbocycles. The molecule has 180 valence electrons. The van der Waals surface area contributed by atoms with E-state index in [1.807, 2.05) is 0 Å². The summed E-state index contributed by atoms with van der Waals surface area (Å²) >= 11 is 0. The van der Waals surface area contributed by atoms with E-state index >= 15 is 0 Å². The van der Waals surface area contributed by atoms with Crippen molar-refractivity contribution in [1.29, 1.82) is 0 Å². The minimum absolute atomic E-state index is 0.0375. The van der Waals surface area contributed by atoms with Crippen molar-refractivity contribution >= 4 is 23.9 Å². The van der Waals surface area contributed by atoms with Crippen LogP contribution in [-0.4, -0.2) is 76.7 Å². The van der Waals surface area contributed by atoms with Crippen LogP contribution in [-0.2, 0) is 4.74 Å². The highest BCUT2D eigenvalue weighted by Crippen LogP contribution is 2.26. The normalized spacial score (nSPS) is 15.4. The van der Waals surface area contributed by atoms with Gasteiger partial charge in [0.2, 0.25) is 0 Å². The predicted octanol–water partition coefficient (Wildman–Crippen LogP) is 2.79. The first-order valence-electron chi connectivity index (χ1n) is 10.3. The summed E-state index contributed by atoms with van der Waals surface area (Å²) in [6.45, 7) is 3.50. The average molecular weight is 472 g/mol. The highest BCUT2D eigenvalue weighted by atomic mass is 16.6. The number of hydrogen-bond donors (Lipinski definition) is 2. The number of carbonyl (C=O) groups is 4. The Morgan fingerprint density at radius 2 is 1.44 bits per heavy atom. The number of Topliss-reactive ketones (excluding diaryl/α,β-unsaturated/α-hetero) is 1. The van der Waals surface area contributed by atoms with Crippen molar-refractivity contribution in [3.05, 3.63) is 47.5 Å². The molecule has 0 aromatic heterocycles. The maximum atomic E-state index is 12.6. The lowest BCUT2D eigenvalue weighted by molar-refractivity contribution is 0.0596. The molecule has 0 radical (unpaired) electrons. The van der Waals surface area contributed by atoms with Gasteiger partial charge in [0.1, 0.15) is 28.6 Å². The highest BCUT2D eigenvalue weighted by molar-refractivity contribution is 5.97. The number of benzene rings is 2. The molecule has 1 fully saturated rings. The fourth-order valence-corrected chi connectivity index (χ4v) is 3.43. The number of hydrogen-bond acceptors (Lipinski definition) is 9. The first kappa shape index (κ1) is 24.4. The van der Waals surface area contributed by atoms with Gasteiger partial charge in [-0.1, -0.05) is 0 Å². The van der Waals surface area contributed by atoms with Gasteiger partial charge in [0.15, 0.2) is 5.78 Å². The largest absolute Gasteiger partial charge is 0.507 e. The van der Waals surface area contributed by atoms with Gasteiger partial charge >= 0.3 is 18.2 Å². The maximum Gasteiger partial charge on any atom is 0.415 e. The molecule has 1 saturated heterocycles. The van der Waals surface area contributed by atoms with Crippen LogP contribution in [0, 0.1) is 0 Å². The Labute approximate surface area is 195 Å². The average Bonchev–Trinajstić information content (AvgIpc) is 2.80. The molecule has 2 amide bonds. The van der Waals surface area contributed by atoms with Gasteiger partial charge in [-0.05, 0) is 50.2 Å². The molecule has 2 aromatic carbocycles. The van der Waals surface area contributed by atoms with Crippen molar-refractivity contribution in [3.63, 3.8) is 0 Å². The Morgan fingerprint density at radius 1 is 0.882 bits per heavy atom. The van der Waals surface area contributed by atoms with Crippen molar-refractivity contribution in [2.75, 3.05) is 26.7 Å². The van der Waals surface area contributed by atoms with Crippen LogP contribution in [0.5, 0.6) is 23.0 Å². The second-order valence-corrected chi connectivity index (χ2v) is 7.63. The molecule has 1 unspecified atom stereocenters. The summed E-state index contributed by atoms with van der Waals surface area (Å²) in [5.41, 5.74) is -0.105. The Kier molecular flexibility index (Phi) is 7.24. The van der Waals surface area contributed by atoms with Gasteiger partial charge in [-0.15, -0.1) is 0 Å². The van der Waals surface area contributed by atoms with Crippen molar-refractivity contribution in [2.24, 2.45) is 0 Å². The molecule has 1 aliphatic heterocycles. The standard InChI is InChI=1S/C23H24N2O9/c1-13-12-24(22(30)33-16-5-7-20(28)18(11-16)21(29)32-3)8-9-25(13)23(31)34-15-4-6-19(27)17(10-15)14(2)26/h4-7,10-11,13,27-28H,8-9,12H2,1-3H3. The number of amides is 2. The van der Waals surface area contributed by atoms with Gasteiger partial charge in [-0.2, -0.15) is 0 Å². The summed E-state index contributed by atoms with van der Waals surface area (Å²) < 4.78 is 15.2. The van der Waals surface area contributed by atoms with Crippen LogP contribution in [0.2, 0.25) is 0 Å². The molecular formula is C23H24N2O9. The van der Waals surface area contributed by atoms with Crippen LogP contribution in [0.25, 0.3) is 0 Å². The predicted molar refractivity (Wildman–Crippen MR) is 117 cm³/mol. The number of ether oxygens (including phenoxy) is 3. The molecule has 11 heteroatoms. The fourth-order valence-electron chi connectivity index (χ4n) is 3.43. The Morgan fingerprint density at radius 3 is 2.00 bits per heavy atom. The molecule has 0 aliphatic carbocycles. The quantitative estimate of drug-likeness (QED) is 0.507. The molecule has 1 heterocycles. The number of piperazine rings is 1. The van der Waals surface area contributed by atoms with Crippen molar-refractivity contribution in [2.45, 2.75) is 19.9 Å².